The van der Waals surface area contributed by atoms with E-state index in [1.54, 1.807) is 6.20 Å². The number of benzene rings is 2. The number of urea groups is 1. The summed E-state index contributed by atoms with van der Waals surface area (Å²) in [5.74, 6) is 1.93. The molecule has 0 bridgehead atoms. The van der Waals surface area contributed by atoms with Gasteiger partial charge < -0.3 is 15.0 Å². The first-order valence-corrected chi connectivity index (χ1v) is 19.0. The molecule has 2 atom stereocenters. The fraction of sp³-hybridized carbons (Fsp3) is 0.512. The normalized spacial score (nSPS) is 21.2. The third-order valence-electron chi connectivity index (χ3n) is 10.5. The van der Waals surface area contributed by atoms with Crippen LogP contribution in [0.2, 0.25) is 10.0 Å². The van der Waals surface area contributed by atoms with Crippen LogP contribution in [0.25, 0.3) is 0 Å². The largest absolute Gasteiger partial charge is 0.493 e. The Balaban J connectivity index is 1.59. The molecule has 0 spiro atoms. The molecular formula is C41H53Cl2N5O3. The average Bonchev–Trinajstić information content (AvgIpc) is 3.32. The lowest BCUT2D eigenvalue weighted by Crippen LogP contribution is -2.59. The zero-order valence-electron chi connectivity index (χ0n) is 31.4. The molecule has 0 unspecified atom stereocenters. The van der Waals surface area contributed by atoms with Crippen LogP contribution in [0.15, 0.2) is 65.8 Å². The highest BCUT2D eigenvalue weighted by atomic mass is 35.5. The summed E-state index contributed by atoms with van der Waals surface area (Å²) in [4.78, 5) is 42.1. The molecule has 2 aliphatic rings. The van der Waals surface area contributed by atoms with Gasteiger partial charge in [0.25, 0.3) is 0 Å². The summed E-state index contributed by atoms with van der Waals surface area (Å²) in [5.41, 5.74) is 1.10. The number of ether oxygens (including phenoxy) is 1. The minimum atomic E-state index is -1.02. The molecule has 2 aliphatic heterocycles. The van der Waals surface area contributed by atoms with E-state index < -0.39 is 11.1 Å². The molecule has 10 heteroatoms. The van der Waals surface area contributed by atoms with Gasteiger partial charge in [0.05, 0.1) is 12.2 Å². The van der Waals surface area contributed by atoms with Crippen molar-refractivity contribution in [2.45, 2.75) is 97.6 Å². The van der Waals surface area contributed by atoms with E-state index in [1.165, 1.54) is 0 Å². The summed E-state index contributed by atoms with van der Waals surface area (Å²) in [5, 5.41) is 4.29. The van der Waals surface area contributed by atoms with Gasteiger partial charge >= 0.3 is 6.03 Å². The van der Waals surface area contributed by atoms with E-state index in [-0.39, 0.29) is 23.3 Å². The van der Waals surface area contributed by atoms with Crippen LogP contribution in [0.5, 0.6) is 5.75 Å². The van der Waals surface area contributed by atoms with Gasteiger partial charge in [-0.2, -0.15) is 0 Å². The molecule has 0 aliphatic carbocycles. The molecule has 3 aromatic rings. The van der Waals surface area contributed by atoms with Gasteiger partial charge in [0.15, 0.2) is 0 Å². The number of aromatic nitrogens is 1. The van der Waals surface area contributed by atoms with Crippen molar-refractivity contribution in [1.82, 2.24) is 20.1 Å². The van der Waals surface area contributed by atoms with E-state index in [0.717, 1.165) is 36.1 Å². The lowest BCUT2D eigenvalue weighted by molar-refractivity contribution is -0.122. The standard InChI is InChI=1S/C41H53Cl2N5O3/c1-9-51-34-25-35(39(4,5)6)45-26-33(34)37-46-40(7,29-10-14-31(42)15-11-29)41(8,30-12-16-32(43)17-13-30)48(37)38(50)47-22-19-28(20-23-47)24-36(49)44-21-18-27(2)3/h10-17,25-28H,9,18-24H2,1-8H3,(H,44,49)/t40-,41+/m0/s1. The summed E-state index contributed by atoms with van der Waals surface area (Å²) in [7, 11) is 0. The molecule has 2 aromatic carbocycles. The smallest absolute Gasteiger partial charge is 0.326 e. The van der Waals surface area contributed by atoms with Crippen molar-refractivity contribution in [3.63, 3.8) is 0 Å². The Bertz CT molecular complexity index is 1730. The number of hydrogen-bond acceptors (Lipinski definition) is 5. The van der Waals surface area contributed by atoms with Gasteiger partial charge in [0.1, 0.15) is 22.7 Å². The Kier molecular flexibility index (Phi) is 11.8. The molecule has 274 valence electrons. The van der Waals surface area contributed by atoms with Crippen LogP contribution in [-0.2, 0) is 21.3 Å². The molecule has 3 amide bonds. The molecule has 1 saturated heterocycles. The monoisotopic (exact) mass is 733 g/mol. The Morgan fingerprint density at radius 2 is 1.57 bits per heavy atom. The number of likely N-dealkylation sites (tertiary alicyclic amines) is 1. The topological polar surface area (TPSA) is 87.1 Å². The van der Waals surface area contributed by atoms with Crippen molar-refractivity contribution in [2.24, 2.45) is 16.8 Å². The number of rotatable bonds is 10. The number of carbonyl (C=O) groups is 2. The summed E-state index contributed by atoms with van der Waals surface area (Å²) in [6.45, 7) is 18.9. The lowest BCUT2D eigenvalue weighted by atomic mass is 9.71. The third kappa shape index (κ3) is 8.07. The third-order valence-corrected chi connectivity index (χ3v) is 11.0. The minimum absolute atomic E-state index is 0.0816. The fourth-order valence-corrected chi connectivity index (χ4v) is 7.41. The zero-order valence-corrected chi connectivity index (χ0v) is 32.9. The van der Waals surface area contributed by atoms with Crippen LogP contribution in [0, 0.1) is 11.8 Å². The fourth-order valence-electron chi connectivity index (χ4n) is 7.16. The SMILES string of the molecule is CCOc1cc(C(C)(C)C)ncc1C1=N[C@@](C)(c2ccc(Cl)cc2)[C@@](C)(c2ccc(Cl)cc2)N1C(=O)N1CCC(CC(=O)NCCC(C)C)CC1. The van der Waals surface area contributed by atoms with Gasteiger partial charge in [-0.05, 0) is 87.3 Å². The van der Waals surface area contributed by atoms with E-state index in [0.29, 0.717) is 65.8 Å². The molecular weight excluding hydrogens is 681 g/mol. The van der Waals surface area contributed by atoms with Crippen molar-refractivity contribution in [2.75, 3.05) is 26.2 Å². The van der Waals surface area contributed by atoms with Crippen molar-refractivity contribution < 1.29 is 14.3 Å². The van der Waals surface area contributed by atoms with Crippen molar-refractivity contribution in [1.29, 1.82) is 0 Å². The maximum atomic E-state index is 15.2. The van der Waals surface area contributed by atoms with Gasteiger partial charge in [0.2, 0.25) is 5.91 Å². The summed E-state index contributed by atoms with van der Waals surface area (Å²) < 4.78 is 6.28. The lowest BCUT2D eigenvalue weighted by Gasteiger charge is -2.47. The van der Waals surface area contributed by atoms with E-state index in [1.807, 2.05) is 71.3 Å². The van der Waals surface area contributed by atoms with Crippen LogP contribution in [-0.4, -0.2) is 58.8 Å². The van der Waals surface area contributed by atoms with Crippen LogP contribution >= 0.6 is 23.2 Å². The second kappa shape index (κ2) is 15.5. The van der Waals surface area contributed by atoms with Crippen molar-refractivity contribution >= 4 is 41.0 Å². The Morgan fingerprint density at radius 1 is 0.980 bits per heavy atom. The number of amidine groups is 1. The predicted octanol–water partition coefficient (Wildman–Crippen LogP) is 9.36. The first kappa shape index (κ1) is 38.6. The molecule has 0 radical (unpaired) electrons. The molecule has 1 N–H and O–H groups in total. The summed E-state index contributed by atoms with van der Waals surface area (Å²) >= 11 is 12.8. The second-order valence-electron chi connectivity index (χ2n) is 15.6. The molecule has 1 fully saturated rings. The first-order valence-electron chi connectivity index (χ1n) is 18.2. The highest BCUT2D eigenvalue weighted by molar-refractivity contribution is 6.30. The average molecular weight is 735 g/mol. The quantitative estimate of drug-likeness (QED) is 0.225. The number of pyridine rings is 1. The van der Waals surface area contributed by atoms with Gasteiger partial charge in [-0.25, -0.2) is 4.79 Å². The predicted molar refractivity (Wildman–Crippen MR) is 207 cm³/mol. The summed E-state index contributed by atoms with van der Waals surface area (Å²) in [6, 6.07) is 17.2. The van der Waals surface area contributed by atoms with Crippen LogP contribution in [0.3, 0.4) is 0 Å². The van der Waals surface area contributed by atoms with Crippen LogP contribution < -0.4 is 10.1 Å². The number of nitrogens with zero attached hydrogens (tertiary/aromatic N) is 4. The zero-order chi connectivity index (χ0) is 37.1. The minimum Gasteiger partial charge on any atom is -0.493 e. The molecule has 1 aromatic heterocycles. The maximum absolute atomic E-state index is 15.2. The van der Waals surface area contributed by atoms with Gasteiger partial charge in [-0.1, -0.05) is 82.1 Å². The molecule has 3 heterocycles. The van der Waals surface area contributed by atoms with E-state index in [2.05, 4.69) is 53.8 Å². The van der Waals surface area contributed by atoms with Gasteiger partial charge in [-0.3, -0.25) is 19.7 Å². The second-order valence-corrected chi connectivity index (χ2v) is 16.5. The molecule has 51 heavy (non-hydrogen) atoms. The maximum Gasteiger partial charge on any atom is 0.326 e. The number of nitrogens with one attached hydrogen (secondary N) is 1. The van der Waals surface area contributed by atoms with Crippen LogP contribution in [0.4, 0.5) is 4.79 Å². The van der Waals surface area contributed by atoms with Gasteiger partial charge in [-0.15, -0.1) is 0 Å². The number of aliphatic imine (C=N–C) groups is 1. The van der Waals surface area contributed by atoms with E-state index >= 15 is 4.79 Å². The Labute approximate surface area is 314 Å². The summed E-state index contributed by atoms with van der Waals surface area (Å²) in [6.07, 6.45) is 4.70. The Hall–Kier alpha value is -3.62. The number of halogens is 2. The number of piperidine rings is 1. The van der Waals surface area contributed by atoms with Crippen LogP contribution in [0.1, 0.15) is 103 Å². The van der Waals surface area contributed by atoms with E-state index in [9.17, 15) is 4.79 Å². The van der Waals surface area contributed by atoms with Crippen molar-refractivity contribution in [3.05, 3.63) is 93.2 Å². The van der Waals surface area contributed by atoms with Gasteiger partial charge in [0, 0.05) is 59.5 Å². The highest BCUT2D eigenvalue weighted by Crippen LogP contribution is 2.54. The number of carbonyl (C=O) groups excluding carboxylic acids is 2. The first-order chi connectivity index (χ1) is 24.1. The Morgan fingerprint density at radius 3 is 2.12 bits per heavy atom. The van der Waals surface area contributed by atoms with Crippen molar-refractivity contribution in [3.8, 4) is 5.75 Å². The number of hydrogen-bond donors (Lipinski definition) is 1. The number of amides is 3. The highest BCUT2D eigenvalue weighted by Gasteiger charge is 2.60. The van der Waals surface area contributed by atoms with E-state index in [4.69, 9.17) is 37.9 Å². The molecule has 8 nitrogen and oxygen atoms in total. The molecule has 0 saturated carbocycles. The molecule has 5 rings (SSSR count).